The van der Waals surface area contributed by atoms with Crippen molar-refractivity contribution in [2.75, 3.05) is 138 Å². The second-order valence-corrected chi connectivity index (χ2v) is 41.1. The molecule has 674 valence electrons. The molecule has 3 saturated heterocycles. The molecule has 0 bridgehead atoms. The molecule has 7 heterocycles. The van der Waals surface area contributed by atoms with E-state index in [-0.39, 0.29) is 55.8 Å². The maximum absolute atomic E-state index is 10.7. The van der Waals surface area contributed by atoms with Crippen molar-refractivity contribution < 1.29 is 42.6 Å². The molecule has 21 heteroatoms. The molecule has 21 nitrogen and oxygen atoms in total. The zero-order chi connectivity index (χ0) is 88.4. The normalized spacial score (nSPS) is 15.6. The summed E-state index contributed by atoms with van der Waals surface area (Å²) in [6, 6.07) is 24.0. The van der Waals surface area contributed by atoms with Gasteiger partial charge in [0.25, 0.3) is 0 Å². The summed E-state index contributed by atoms with van der Waals surface area (Å²) in [4.78, 5) is 41.7. The first-order chi connectivity index (χ1) is 54.7. The highest BCUT2D eigenvalue weighted by Gasteiger charge is 2.28. The van der Waals surface area contributed by atoms with Crippen LogP contribution in [0.4, 0.5) is 0 Å². The van der Waals surface area contributed by atoms with Crippen molar-refractivity contribution in [2.24, 2.45) is 5.92 Å². The van der Waals surface area contributed by atoms with E-state index in [1.165, 1.54) is 17.2 Å². The first kappa shape index (κ1) is 107. The third-order valence-electron chi connectivity index (χ3n) is 18.5. The molecule has 2 N–H and O–H groups in total. The molecule has 3 fully saturated rings. The third-order valence-corrected chi connectivity index (χ3v) is 18.5. The van der Waals surface area contributed by atoms with Crippen LogP contribution in [0.2, 0.25) is 0 Å². The second-order valence-electron chi connectivity index (χ2n) is 41.1. The Kier molecular flexibility index (Phi) is 47.8. The lowest BCUT2D eigenvalue weighted by Crippen LogP contribution is -2.53. The van der Waals surface area contributed by atoms with Gasteiger partial charge in [0.2, 0.25) is 23.2 Å². The van der Waals surface area contributed by atoms with E-state index >= 15 is 0 Å². The summed E-state index contributed by atoms with van der Waals surface area (Å²) >= 11 is 0. The lowest BCUT2D eigenvalue weighted by Gasteiger charge is -2.42. The summed E-state index contributed by atoms with van der Waals surface area (Å²) in [5, 5.41) is 3.53. The predicted octanol–water partition coefficient (Wildman–Crippen LogP) is 18.4. The Morgan fingerprint density at radius 3 is 0.975 bits per heavy atom. The molecule has 1 aromatic carbocycles. The SMILES string of the molecule is CC(C)(C)NCc1cccc(CCCOC(C)(C)C)c1.CC(C)(C)OCCN1CCN(CCCOc2ccc(COC(C)(C)C)cn2)CC1.CC(C)(C)OCc1ccc(=O)[nH]c1.CC(C)(C)OCc1ccc(OCCCN2CCN(C(C)(C)C)CC2)nc1.CC(C)(C)OCc1ccc(OCCCN2CCN(C(C)(C)C)CC2)nc1.CC(C)C. The summed E-state index contributed by atoms with van der Waals surface area (Å²) in [6.07, 6.45) is 12.4. The molecular weight excluding hydrogens is 1480 g/mol. The number of aryl methyl sites for hydroxylation is 1. The number of hydrogen-bond donors (Lipinski definition) is 2. The van der Waals surface area contributed by atoms with Gasteiger partial charge in [-0.05, 0) is 283 Å². The number of ether oxygens (including phenoxy) is 9. The number of aromatic nitrogens is 4. The van der Waals surface area contributed by atoms with Crippen molar-refractivity contribution in [3.63, 3.8) is 0 Å². The Morgan fingerprint density at radius 2 is 0.669 bits per heavy atom. The first-order valence-corrected chi connectivity index (χ1v) is 44.2. The van der Waals surface area contributed by atoms with Gasteiger partial charge in [-0.1, -0.05) is 45.0 Å². The minimum absolute atomic E-state index is 0.0293. The number of piperazine rings is 3. The van der Waals surface area contributed by atoms with Crippen LogP contribution in [0, 0.1) is 5.92 Å². The molecule has 0 aliphatic carbocycles. The van der Waals surface area contributed by atoms with E-state index in [0.29, 0.717) is 63.9 Å². The van der Waals surface area contributed by atoms with E-state index in [4.69, 9.17) is 42.6 Å². The molecule has 0 amide bonds. The number of rotatable bonds is 32. The fourth-order valence-corrected chi connectivity index (χ4v) is 11.8. The molecule has 0 radical (unpaired) electrons. The topological polar surface area (TPSA) is 186 Å². The highest BCUT2D eigenvalue weighted by Crippen LogP contribution is 2.22. The number of nitrogens with one attached hydrogen (secondary N) is 2. The van der Waals surface area contributed by atoms with Crippen LogP contribution in [0.1, 0.15) is 267 Å². The Bertz CT molecular complexity index is 3310. The van der Waals surface area contributed by atoms with Gasteiger partial charge in [-0.2, -0.15) is 0 Å². The number of aromatic amines is 1. The molecule has 5 aromatic rings. The number of pyridine rings is 4. The fourth-order valence-electron chi connectivity index (χ4n) is 11.8. The molecule has 3 aliphatic rings. The van der Waals surface area contributed by atoms with Crippen LogP contribution < -0.4 is 25.1 Å². The lowest BCUT2D eigenvalue weighted by atomic mass is 10.0. The van der Waals surface area contributed by atoms with Crippen LogP contribution in [0.15, 0.2) is 102 Å². The van der Waals surface area contributed by atoms with E-state index in [1.54, 1.807) is 12.3 Å². The number of benzene rings is 1. The van der Waals surface area contributed by atoms with Crippen LogP contribution in [0.25, 0.3) is 0 Å². The largest absolute Gasteiger partial charge is 0.478 e. The fraction of sp³-hybridized carbons (Fsp3) is 0.732. The highest BCUT2D eigenvalue weighted by atomic mass is 16.5. The van der Waals surface area contributed by atoms with Gasteiger partial charge in [0.15, 0.2) is 0 Å². The van der Waals surface area contributed by atoms with E-state index in [0.717, 1.165) is 185 Å². The maximum Gasteiger partial charge on any atom is 0.247 e. The Labute approximate surface area is 719 Å². The quantitative estimate of drug-likeness (QED) is 0.0387. The van der Waals surface area contributed by atoms with Gasteiger partial charge < -0.3 is 67.6 Å². The van der Waals surface area contributed by atoms with Crippen molar-refractivity contribution >= 4 is 0 Å². The summed E-state index contributed by atoms with van der Waals surface area (Å²) in [6.45, 7) is 88.9. The Balaban J connectivity index is 0.000000383. The van der Waals surface area contributed by atoms with Gasteiger partial charge in [-0.25, -0.2) is 15.0 Å². The van der Waals surface area contributed by atoms with Crippen molar-refractivity contribution in [3.8, 4) is 17.6 Å². The van der Waals surface area contributed by atoms with Crippen molar-refractivity contribution in [1.82, 2.24) is 54.7 Å². The second kappa shape index (κ2) is 52.9. The summed E-state index contributed by atoms with van der Waals surface area (Å²) in [5.74, 6) is 2.91. The number of nitrogens with zero attached hydrogens (tertiary/aromatic N) is 9. The maximum atomic E-state index is 10.7. The lowest BCUT2D eigenvalue weighted by molar-refractivity contribution is -0.0180. The molecular formula is C97H171N11O10. The first-order valence-electron chi connectivity index (χ1n) is 44.2. The standard InChI is InChI=1S/C23H41N3O3.2C21H37N3O2.C18H31NO.C10H15NO2.C4H10/c1-22(2,3)28-17-15-26-13-11-25(12-14-26)10-7-16-27-21-9-8-20(18-24-21)19-29-23(4,5)6;2*1-20(2,3)24-13-11-23(12-14-24)10-7-15-25-19-9-8-18(16-22-19)17-26-21(4,5)6;1-17(2,3)19-14-16-10-7-9-15(13-16)11-8-12-20-18(4,5)6;1-10(2,3)13-7-8-4-5-9(12)11-6-8;1-4(2)3/h8-9,18H,7,10-17,19H2,1-6H3;2*8-9,16H,7,10-15,17H2,1-6H3;7,9-10,13,19H,8,11-12,14H2,1-6H3;4-6H,7H2,1-3H3,(H,11,12);4H,1-3H3. The van der Waals surface area contributed by atoms with Gasteiger partial charge >= 0.3 is 0 Å². The monoisotopic (exact) mass is 1650 g/mol. The molecule has 0 unspecified atom stereocenters. The van der Waals surface area contributed by atoms with Crippen LogP contribution >= 0.6 is 0 Å². The van der Waals surface area contributed by atoms with Gasteiger partial charge in [0.1, 0.15) is 0 Å². The molecule has 118 heavy (non-hydrogen) atoms. The van der Waals surface area contributed by atoms with Crippen molar-refractivity contribution in [3.05, 3.63) is 141 Å². The Hall–Kier alpha value is -5.50. The average Bonchev–Trinajstić information content (AvgIpc) is 0.855. The van der Waals surface area contributed by atoms with Crippen LogP contribution in [0.3, 0.4) is 0 Å². The molecule has 0 spiro atoms. The molecule has 0 atom stereocenters. The molecule has 0 saturated carbocycles. The minimum atomic E-state index is -0.143. The number of H-pyrrole nitrogens is 1. The Morgan fingerprint density at radius 1 is 0.356 bits per heavy atom. The van der Waals surface area contributed by atoms with E-state index in [1.807, 2.05) is 75.8 Å². The average molecular weight is 1650 g/mol. The molecule has 4 aromatic heterocycles. The predicted molar refractivity (Wildman–Crippen MR) is 490 cm³/mol. The van der Waals surface area contributed by atoms with E-state index in [2.05, 4.69) is 266 Å². The zero-order valence-electron chi connectivity index (χ0n) is 80.3. The minimum Gasteiger partial charge on any atom is -0.478 e. The van der Waals surface area contributed by atoms with E-state index in [9.17, 15) is 4.79 Å². The molecule has 8 rings (SSSR count). The van der Waals surface area contributed by atoms with Gasteiger partial charge in [-0.15, -0.1) is 0 Å². The van der Waals surface area contributed by atoms with Crippen LogP contribution in [-0.4, -0.2) is 237 Å². The third kappa shape index (κ3) is 57.0. The smallest absolute Gasteiger partial charge is 0.247 e. The van der Waals surface area contributed by atoms with Crippen LogP contribution in [0.5, 0.6) is 17.6 Å². The van der Waals surface area contributed by atoms with Crippen molar-refractivity contribution in [1.29, 1.82) is 0 Å². The van der Waals surface area contributed by atoms with Crippen LogP contribution in [-0.2, 0) is 67.8 Å². The summed E-state index contributed by atoms with van der Waals surface area (Å²) < 4.78 is 51.8. The van der Waals surface area contributed by atoms with Gasteiger partial charge in [0, 0.05) is 184 Å². The molecule has 3 aliphatic heterocycles. The van der Waals surface area contributed by atoms with Gasteiger partial charge in [-0.3, -0.25) is 19.5 Å². The summed E-state index contributed by atoms with van der Waals surface area (Å²) in [5.41, 5.74) is 6.98. The van der Waals surface area contributed by atoms with E-state index < -0.39 is 0 Å². The summed E-state index contributed by atoms with van der Waals surface area (Å²) in [7, 11) is 0. The van der Waals surface area contributed by atoms with Crippen molar-refractivity contribution in [2.45, 2.75) is 323 Å². The number of hydrogen-bond acceptors (Lipinski definition) is 20. The van der Waals surface area contributed by atoms with Gasteiger partial charge in [0.05, 0.1) is 86.5 Å². The zero-order valence-corrected chi connectivity index (χ0v) is 80.3. The highest BCUT2D eigenvalue weighted by molar-refractivity contribution is 5.24.